The van der Waals surface area contributed by atoms with Gasteiger partial charge in [0.15, 0.2) is 0 Å². The predicted octanol–water partition coefficient (Wildman–Crippen LogP) is -0.986. The lowest BCUT2D eigenvalue weighted by Crippen LogP contribution is -2.22. The largest absolute Gasteiger partial charge is 0.397 e. The fourth-order valence-corrected chi connectivity index (χ4v) is 1.78. The smallest absolute Gasteiger partial charge is 0.296 e. The van der Waals surface area contributed by atoms with Crippen molar-refractivity contribution >= 4 is 21.5 Å². The summed E-state index contributed by atoms with van der Waals surface area (Å²) >= 11 is 0. The first-order chi connectivity index (χ1) is 6.75. The molecule has 0 aliphatic heterocycles. The first-order valence-electron chi connectivity index (χ1n) is 3.91. The van der Waals surface area contributed by atoms with E-state index >= 15 is 0 Å². The van der Waals surface area contributed by atoms with Crippen LogP contribution in [0.5, 0.6) is 0 Å². The third-order valence-electron chi connectivity index (χ3n) is 1.92. The van der Waals surface area contributed by atoms with Crippen LogP contribution in [0.2, 0.25) is 0 Å². The van der Waals surface area contributed by atoms with Crippen LogP contribution >= 0.6 is 0 Å². The van der Waals surface area contributed by atoms with E-state index in [0.29, 0.717) is 5.56 Å². The normalized spacial score (nSPS) is 12.0. The molecule has 15 heavy (non-hydrogen) atoms. The molecule has 0 aliphatic carbocycles. The molecule has 0 atom stereocenters. The van der Waals surface area contributed by atoms with Crippen molar-refractivity contribution in [3.63, 3.8) is 0 Å². The summed E-state index contributed by atoms with van der Waals surface area (Å²) in [6.07, 6.45) is -0.859. The van der Waals surface area contributed by atoms with Gasteiger partial charge in [-0.3, -0.25) is 4.55 Å². The van der Waals surface area contributed by atoms with Crippen molar-refractivity contribution in [2.75, 3.05) is 11.5 Å². The number of benzene rings is 1. The Hall–Kier alpha value is -1.35. The van der Waals surface area contributed by atoms with Crippen LogP contribution in [0, 0.1) is 0 Å². The minimum atomic E-state index is -4.39. The maximum Gasteiger partial charge on any atom is 0.296 e. The zero-order valence-corrected chi connectivity index (χ0v) is 8.53. The molecule has 0 fully saturated rings. The van der Waals surface area contributed by atoms with Crippen molar-refractivity contribution in [1.82, 2.24) is 0 Å². The average molecular weight is 232 g/mol. The summed E-state index contributed by atoms with van der Waals surface area (Å²) in [4.78, 5) is -0.454. The van der Waals surface area contributed by atoms with Crippen LogP contribution in [0.3, 0.4) is 0 Å². The van der Waals surface area contributed by atoms with E-state index in [1.165, 1.54) is 6.07 Å². The molecule has 1 aromatic rings. The molecule has 0 saturated carbocycles. The quantitative estimate of drug-likeness (QED) is 0.249. The fraction of sp³-hybridized carbons (Fsp3) is 0.143. The van der Waals surface area contributed by atoms with E-state index in [-0.39, 0.29) is 11.4 Å². The number of hydrogen-bond acceptors (Lipinski definition) is 6. The Labute approximate surface area is 86.8 Å². The first kappa shape index (κ1) is 11.7. The maximum atomic E-state index is 10.8. The highest BCUT2D eigenvalue weighted by molar-refractivity contribution is 7.86. The number of hydrogen-bond donors (Lipinski definition) is 5. The van der Waals surface area contributed by atoms with E-state index in [1.807, 2.05) is 0 Å². The molecule has 0 radical (unpaired) electrons. The van der Waals surface area contributed by atoms with Crippen molar-refractivity contribution < 1.29 is 13.0 Å². The molecule has 1 aromatic carbocycles. The summed E-state index contributed by atoms with van der Waals surface area (Å²) in [5.41, 5.74) is 21.7. The van der Waals surface area contributed by atoms with E-state index in [2.05, 4.69) is 0 Å². The lowest BCUT2D eigenvalue weighted by atomic mass is 10.1. The monoisotopic (exact) mass is 232 g/mol. The molecule has 0 aromatic heterocycles. The van der Waals surface area contributed by atoms with Crippen LogP contribution < -0.4 is 22.9 Å². The van der Waals surface area contributed by atoms with Crippen LogP contribution in [-0.4, -0.2) is 13.0 Å². The molecule has 9 N–H and O–H groups in total. The summed E-state index contributed by atoms with van der Waals surface area (Å²) in [7, 11) is -4.39. The molecular weight excluding hydrogens is 220 g/mol. The second kappa shape index (κ2) is 3.66. The van der Waals surface area contributed by atoms with Gasteiger partial charge in [-0.1, -0.05) is 6.07 Å². The van der Waals surface area contributed by atoms with Gasteiger partial charge in [0, 0.05) is 5.56 Å². The molecular formula is C7H12N4O3S. The summed E-state index contributed by atoms with van der Waals surface area (Å²) < 4.78 is 30.5. The zero-order chi connectivity index (χ0) is 11.8. The lowest BCUT2D eigenvalue weighted by Gasteiger charge is -2.13. The van der Waals surface area contributed by atoms with Gasteiger partial charge in [0.05, 0.1) is 17.5 Å². The average Bonchev–Trinajstić information content (AvgIpc) is 2.06. The van der Waals surface area contributed by atoms with Crippen molar-refractivity contribution in [1.29, 1.82) is 0 Å². The number of nitrogens with two attached hydrogens (primary N) is 4. The van der Waals surface area contributed by atoms with Crippen LogP contribution in [0.1, 0.15) is 11.7 Å². The zero-order valence-electron chi connectivity index (χ0n) is 7.71. The topological polar surface area (TPSA) is 158 Å². The van der Waals surface area contributed by atoms with Crippen molar-refractivity contribution in [2.24, 2.45) is 11.5 Å². The number of anilines is 2. The molecule has 0 unspecified atom stereocenters. The first-order valence-corrected chi connectivity index (χ1v) is 5.35. The van der Waals surface area contributed by atoms with Gasteiger partial charge < -0.3 is 22.9 Å². The SMILES string of the molecule is Nc1c(C(N)N)ccc(S(=O)(=O)O)c1N. The molecule has 0 bridgehead atoms. The van der Waals surface area contributed by atoms with Gasteiger partial charge in [-0.15, -0.1) is 0 Å². The van der Waals surface area contributed by atoms with E-state index in [0.717, 1.165) is 6.07 Å². The Morgan fingerprint density at radius 3 is 2.07 bits per heavy atom. The Morgan fingerprint density at radius 2 is 1.67 bits per heavy atom. The molecule has 0 aliphatic rings. The van der Waals surface area contributed by atoms with Crippen LogP contribution in [0.25, 0.3) is 0 Å². The fourth-order valence-electron chi connectivity index (χ4n) is 1.15. The lowest BCUT2D eigenvalue weighted by molar-refractivity contribution is 0.483. The molecule has 1 rings (SSSR count). The van der Waals surface area contributed by atoms with E-state index in [9.17, 15) is 8.42 Å². The Kier molecular flexibility index (Phi) is 2.86. The molecule has 84 valence electrons. The Balaban J connectivity index is 3.48. The highest BCUT2D eigenvalue weighted by Gasteiger charge is 2.18. The minimum absolute atomic E-state index is 0.0416. The molecule has 0 spiro atoms. The van der Waals surface area contributed by atoms with Crippen molar-refractivity contribution in [3.05, 3.63) is 17.7 Å². The van der Waals surface area contributed by atoms with Gasteiger partial charge in [-0.05, 0) is 6.07 Å². The Morgan fingerprint density at radius 1 is 1.13 bits per heavy atom. The van der Waals surface area contributed by atoms with Gasteiger partial charge in [-0.2, -0.15) is 8.42 Å². The predicted molar refractivity (Wildman–Crippen MR) is 56.2 cm³/mol. The molecule has 8 heteroatoms. The number of nitrogen functional groups attached to an aromatic ring is 2. The molecule has 7 nitrogen and oxygen atoms in total. The maximum absolute atomic E-state index is 10.8. The second-order valence-electron chi connectivity index (χ2n) is 2.98. The summed E-state index contributed by atoms with van der Waals surface area (Å²) in [5.74, 6) is 0. The van der Waals surface area contributed by atoms with Crippen LogP contribution in [0.15, 0.2) is 17.0 Å². The van der Waals surface area contributed by atoms with Gasteiger partial charge in [0.2, 0.25) is 0 Å². The third-order valence-corrected chi connectivity index (χ3v) is 2.83. The van der Waals surface area contributed by atoms with Crippen LogP contribution in [0.4, 0.5) is 11.4 Å². The Bertz CT molecular complexity index is 483. The molecule has 0 saturated heterocycles. The highest BCUT2D eigenvalue weighted by Crippen LogP contribution is 2.29. The molecule has 0 heterocycles. The standard InChI is InChI=1S/C7H12N4O3S/c8-5-3(7(10)11)1-2-4(6(5)9)15(12,13)14/h1-2,7H,8-11H2,(H,12,13,14). The second-order valence-corrected chi connectivity index (χ2v) is 4.37. The molecule has 0 amide bonds. The van der Waals surface area contributed by atoms with Gasteiger partial charge in [-0.25, -0.2) is 0 Å². The van der Waals surface area contributed by atoms with Crippen molar-refractivity contribution in [2.45, 2.75) is 11.1 Å². The third kappa shape index (κ3) is 2.18. The number of rotatable bonds is 2. The van der Waals surface area contributed by atoms with Crippen LogP contribution in [-0.2, 0) is 10.1 Å². The van der Waals surface area contributed by atoms with Gasteiger partial charge in [0.1, 0.15) is 4.90 Å². The van der Waals surface area contributed by atoms with Gasteiger partial charge >= 0.3 is 0 Å². The van der Waals surface area contributed by atoms with E-state index in [4.69, 9.17) is 27.5 Å². The van der Waals surface area contributed by atoms with E-state index < -0.39 is 21.2 Å². The summed E-state index contributed by atoms with van der Waals surface area (Å²) in [6.45, 7) is 0. The van der Waals surface area contributed by atoms with Gasteiger partial charge in [0.25, 0.3) is 10.1 Å². The van der Waals surface area contributed by atoms with Crippen molar-refractivity contribution in [3.8, 4) is 0 Å². The summed E-state index contributed by atoms with van der Waals surface area (Å²) in [5, 5.41) is 0. The summed E-state index contributed by atoms with van der Waals surface area (Å²) in [6, 6.07) is 2.41. The highest BCUT2D eigenvalue weighted by atomic mass is 32.2. The van der Waals surface area contributed by atoms with E-state index in [1.54, 1.807) is 0 Å². The minimum Gasteiger partial charge on any atom is -0.397 e.